The highest BCUT2D eigenvalue weighted by Gasteiger charge is 2.41. The summed E-state index contributed by atoms with van der Waals surface area (Å²) in [6, 6.07) is 12.7. The summed E-state index contributed by atoms with van der Waals surface area (Å²) in [5, 5.41) is 3.17. The van der Waals surface area contributed by atoms with Crippen molar-refractivity contribution < 1.29 is 23.2 Å². The molecule has 2 aliphatic heterocycles. The number of fused-ring (bicyclic) bond motifs is 1. The lowest BCUT2D eigenvalue weighted by Crippen LogP contribution is -2.54. The van der Waals surface area contributed by atoms with Gasteiger partial charge in [0.25, 0.3) is 6.01 Å². The quantitative estimate of drug-likeness (QED) is 0.491. The summed E-state index contributed by atoms with van der Waals surface area (Å²) >= 11 is 0. The van der Waals surface area contributed by atoms with E-state index in [4.69, 9.17) is 4.42 Å². The molecule has 0 bridgehead atoms. The fourth-order valence-electron chi connectivity index (χ4n) is 5.00. The largest absolute Gasteiger partial charge is 0.423 e. The smallest absolute Gasteiger partial charge is 0.300 e. The number of amides is 2. The molecule has 10 heteroatoms. The SMILES string of the molecule is Cc1ccccc1Nc1nc2ccc(CC(=O)N3C[C@@H](F)C[C@H]3C(=O)N3CCN(CC=O)CC3)cc2o1. The molecule has 2 amide bonds. The summed E-state index contributed by atoms with van der Waals surface area (Å²) < 4.78 is 20.3. The number of oxazole rings is 1. The molecule has 2 aliphatic rings. The Hall–Kier alpha value is -3.79. The first kappa shape index (κ1) is 24.9. The lowest BCUT2D eigenvalue weighted by atomic mass is 10.1. The summed E-state index contributed by atoms with van der Waals surface area (Å²) in [5.41, 5.74) is 3.83. The highest BCUT2D eigenvalue weighted by atomic mass is 19.1. The molecule has 0 spiro atoms. The van der Waals surface area contributed by atoms with Crippen molar-refractivity contribution in [3.63, 3.8) is 0 Å². The van der Waals surface area contributed by atoms with E-state index in [1.54, 1.807) is 23.1 Å². The first-order valence-corrected chi connectivity index (χ1v) is 12.5. The van der Waals surface area contributed by atoms with Crippen molar-refractivity contribution in [3.8, 4) is 0 Å². The molecule has 0 aliphatic carbocycles. The van der Waals surface area contributed by atoms with Gasteiger partial charge < -0.3 is 24.3 Å². The van der Waals surface area contributed by atoms with E-state index in [1.807, 2.05) is 36.1 Å². The molecule has 37 heavy (non-hydrogen) atoms. The first-order chi connectivity index (χ1) is 17.9. The molecule has 1 N–H and O–H groups in total. The monoisotopic (exact) mass is 507 g/mol. The normalized spacial score (nSPS) is 20.4. The van der Waals surface area contributed by atoms with Crippen molar-refractivity contribution in [3.05, 3.63) is 53.6 Å². The van der Waals surface area contributed by atoms with Crippen molar-refractivity contribution in [1.29, 1.82) is 0 Å². The predicted molar refractivity (Wildman–Crippen MR) is 136 cm³/mol. The number of halogens is 1. The molecular formula is C27H30FN5O4. The summed E-state index contributed by atoms with van der Waals surface area (Å²) in [4.78, 5) is 46.6. The van der Waals surface area contributed by atoms with Gasteiger partial charge in [0.15, 0.2) is 5.58 Å². The van der Waals surface area contributed by atoms with Gasteiger partial charge >= 0.3 is 0 Å². The average Bonchev–Trinajstić information content (AvgIpc) is 3.48. The third kappa shape index (κ3) is 5.48. The minimum absolute atomic E-state index is 0.00813. The number of alkyl halides is 1. The maximum absolute atomic E-state index is 14.4. The van der Waals surface area contributed by atoms with E-state index in [0.29, 0.717) is 55.4 Å². The zero-order valence-corrected chi connectivity index (χ0v) is 20.7. The molecule has 3 aromatic rings. The van der Waals surface area contributed by atoms with E-state index < -0.39 is 12.2 Å². The van der Waals surface area contributed by atoms with E-state index in [1.165, 1.54) is 4.90 Å². The molecule has 0 radical (unpaired) electrons. The maximum atomic E-state index is 14.4. The maximum Gasteiger partial charge on any atom is 0.300 e. The number of piperazine rings is 1. The van der Waals surface area contributed by atoms with Crippen molar-refractivity contribution >= 4 is 40.9 Å². The van der Waals surface area contributed by atoms with E-state index in [9.17, 15) is 18.8 Å². The van der Waals surface area contributed by atoms with Gasteiger partial charge in [-0.3, -0.25) is 14.5 Å². The third-order valence-electron chi connectivity index (χ3n) is 7.07. The third-order valence-corrected chi connectivity index (χ3v) is 7.07. The standard InChI is InChI=1S/C27H30FN5O4/c1-18-4-2-3-5-21(18)29-27-30-22-7-6-19(14-24(22)37-27)15-25(35)33-17-20(28)16-23(33)26(36)32-10-8-31(9-11-32)12-13-34/h2-7,13-14,20,23H,8-12,15-17H2,1H3,(H,29,30)/t20-,23-/m0/s1. The molecule has 2 saturated heterocycles. The van der Waals surface area contributed by atoms with Crippen LogP contribution in [0.15, 0.2) is 46.9 Å². The summed E-state index contributed by atoms with van der Waals surface area (Å²) in [5.74, 6) is -0.521. The van der Waals surface area contributed by atoms with Gasteiger partial charge in [-0.05, 0) is 36.2 Å². The molecule has 0 saturated carbocycles. The van der Waals surface area contributed by atoms with E-state index in [0.717, 1.165) is 17.5 Å². The topological polar surface area (TPSA) is 99.0 Å². The second-order valence-corrected chi connectivity index (χ2v) is 9.63. The van der Waals surface area contributed by atoms with Crippen LogP contribution in [0.1, 0.15) is 17.5 Å². The molecule has 5 rings (SSSR count). The number of aromatic nitrogens is 1. The van der Waals surface area contributed by atoms with Crippen LogP contribution in [-0.4, -0.2) is 89.3 Å². The van der Waals surface area contributed by atoms with Crippen LogP contribution in [0, 0.1) is 6.92 Å². The number of para-hydroxylation sites is 1. The number of nitrogens with zero attached hydrogens (tertiary/aromatic N) is 4. The molecule has 2 aromatic carbocycles. The van der Waals surface area contributed by atoms with Crippen molar-refractivity contribution in [2.45, 2.75) is 32.0 Å². The van der Waals surface area contributed by atoms with Crippen LogP contribution in [0.25, 0.3) is 11.1 Å². The Morgan fingerprint density at radius 2 is 1.95 bits per heavy atom. The number of likely N-dealkylation sites (tertiary alicyclic amines) is 1. The summed E-state index contributed by atoms with van der Waals surface area (Å²) in [6.45, 7) is 4.33. The van der Waals surface area contributed by atoms with Gasteiger partial charge in [0.1, 0.15) is 24.0 Å². The molecule has 194 valence electrons. The van der Waals surface area contributed by atoms with E-state index >= 15 is 0 Å². The molecule has 1 aromatic heterocycles. The second kappa shape index (κ2) is 10.7. The number of hydrogen-bond acceptors (Lipinski definition) is 7. The van der Waals surface area contributed by atoms with E-state index in [2.05, 4.69) is 10.3 Å². The van der Waals surface area contributed by atoms with Crippen LogP contribution < -0.4 is 5.32 Å². The van der Waals surface area contributed by atoms with Gasteiger partial charge in [-0.25, -0.2) is 4.39 Å². The highest BCUT2D eigenvalue weighted by molar-refractivity contribution is 5.90. The van der Waals surface area contributed by atoms with Gasteiger partial charge in [-0.15, -0.1) is 0 Å². The first-order valence-electron chi connectivity index (χ1n) is 12.5. The number of nitrogens with one attached hydrogen (secondary N) is 1. The number of aryl methyl sites for hydroxylation is 1. The zero-order valence-electron chi connectivity index (χ0n) is 20.7. The number of rotatable bonds is 7. The number of carbonyl (C=O) groups excluding carboxylic acids is 3. The van der Waals surface area contributed by atoms with Crippen molar-refractivity contribution in [2.75, 3.05) is 44.6 Å². The van der Waals surface area contributed by atoms with Gasteiger partial charge in [0, 0.05) is 38.3 Å². The molecule has 2 fully saturated rings. The Morgan fingerprint density at radius 1 is 1.16 bits per heavy atom. The number of aldehydes is 1. The van der Waals surface area contributed by atoms with Crippen LogP contribution in [-0.2, 0) is 20.8 Å². The fourth-order valence-corrected chi connectivity index (χ4v) is 5.00. The molecule has 2 atom stereocenters. The highest BCUT2D eigenvalue weighted by Crippen LogP contribution is 2.27. The minimum atomic E-state index is -1.24. The van der Waals surface area contributed by atoms with Gasteiger partial charge in [-0.2, -0.15) is 4.98 Å². The lowest BCUT2D eigenvalue weighted by Gasteiger charge is -2.36. The second-order valence-electron chi connectivity index (χ2n) is 9.63. The predicted octanol–water partition coefficient (Wildman–Crippen LogP) is 2.70. The van der Waals surface area contributed by atoms with Gasteiger partial charge in [0.05, 0.1) is 19.5 Å². The minimum Gasteiger partial charge on any atom is -0.423 e. The summed E-state index contributed by atoms with van der Waals surface area (Å²) in [7, 11) is 0. The van der Waals surface area contributed by atoms with Gasteiger partial charge in [0.2, 0.25) is 11.8 Å². The Balaban J connectivity index is 1.25. The Bertz CT molecular complexity index is 1300. The Labute approximate surface area is 214 Å². The Morgan fingerprint density at radius 3 is 2.70 bits per heavy atom. The van der Waals surface area contributed by atoms with Crippen LogP contribution in [0.4, 0.5) is 16.1 Å². The molecule has 3 heterocycles. The van der Waals surface area contributed by atoms with Crippen molar-refractivity contribution in [1.82, 2.24) is 19.7 Å². The lowest BCUT2D eigenvalue weighted by molar-refractivity contribution is -0.144. The number of benzene rings is 2. The number of carbonyl (C=O) groups is 3. The zero-order chi connectivity index (χ0) is 25.9. The van der Waals surface area contributed by atoms with Crippen molar-refractivity contribution in [2.24, 2.45) is 0 Å². The molecule has 9 nitrogen and oxygen atoms in total. The van der Waals surface area contributed by atoms with Crippen LogP contribution >= 0.6 is 0 Å². The average molecular weight is 508 g/mol. The van der Waals surface area contributed by atoms with Gasteiger partial charge in [-0.1, -0.05) is 24.3 Å². The van der Waals surface area contributed by atoms with Crippen LogP contribution in [0.5, 0.6) is 0 Å². The summed E-state index contributed by atoms with van der Waals surface area (Å²) in [6.07, 6.45) is -0.351. The number of hydrogen-bond donors (Lipinski definition) is 1. The Kier molecular flexibility index (Phi) is 7.18. The molecule has 0 unspecified atom stereocenters. The number of anilines is 2. The molecular weight excluding hydrogens is 477 g/mol. The van der Waals surface area contributed by atoms with E-state index in [-0.39, 0.29) is 31.2 Å². The van der Waals surface area contributed by atoms with Crippen LogP contribution in [0.2, 0.25) is 0 Å². The fraction of sp³-hybridized carbons (Fsp3) is 0.407. The van der Waals surface area contributed by atoms with Crippen LogP contribution in [0.3, 0.4) is 0 Å².